The lowest BCUT2D eigenvalue weighted by Gasteiger charge is -2.10. The van der Waals surface area contributed by atoms with Crippen molar-refractivity contribution in [3.05, 3.63) is 59.4 Å². The number of hydrogen-bond donors (Lipinski definition) is 2. The molecule has 2 amide bonds. The summed E-state index contributed by atoms with van der Waals surface area (Å²) in [4.78, 5) is 23.7. The summed E-state index contributed by atoms with van der Waals surface area (Å²) in [5.74, 6) is -0.824. The van der Waals surface area contributed by atoms with Gasteiger partial charge in [0.05, 0.1) is 6.61 Å². The molecule has 0 aliphatic heterocycles. The van der Waals surface area contributed by atoms with Crippen molar-refractivity contribution in [2.24, 2.45) is 0 Å². The van der Waals surface area contributed by atoms with Crippen LogP contribution in [-0.4, -0.2) is 18.6 Å². The molecule has 0 atom stereocenters. The van der Waals surface area contributed by atoms with E-state index in [4.69, 9.17) is 4.74 Å². The van der Waals surface area contributed by atoms with Crippen molar-refractivity contribution >= 4 is 23.4 Å². The van der Waals surface area contributed by atoms with Crippen LogP contribution in [0.25, 0.3) is 0 Å². The van der Waals surface area contributed by atoms with E-state index in [0.29, 0.717) is 16.9 Å². The number of anilines is 2. The summed E-state index contributed by atoms with van der Waals surface area (Å²) in [5.41, 5.74) is 1.93. The molecule has 0 bridgehead atoms. The molecule has 0 aromatic heterocycles. The summed E-state index contributed by atoms with van der Waals surface area (Å²) in [6, 6.07) is 10.6. The Balaban J connectivity index is 2.13. The van der Waals surface area contributed by atoms with Gasteiger partial charge in [-0.1, -0.05) is 12.1 Å². The fraction of sp³-hybridized carbons (Fsp3) is 0.176. The second kappa shape index (κ2) is 7.40. The fourth-order valence-electron chi connectivity index (χ4n) is 1.95. The van der Waals surface area contributed by atoms with Gasteiger partial charge in [0, 0.05) is 16.9 Å². The first-order valence-corrected chi connectivity index (χ1v) is 7.11. The van der Waals surface area contributed by atoms with Crippen molar-refractivity contribution in [1.82, 2.24) is 0 Å². The predicted molar refractivity (Wildman–Crippen MR) is 86.2 cm³/mol. The topological polar surface area (TPSA) is 67.4 Å². The highest BCUT2D eigenvalue weighted by atomic mass is 19.1. The third-order valence-corrected chi connectivity index (χ3v) is 3.09. The van der Waals surface area contributed by atoms with Gasteiger partial charge in [0.1, 0.15) is 5.82 Å². The molecule has 0 aliphatic carbocycles. The zero-order valence-corrected chi connectivity index (χ0v) is 12.9. The summed E-state index contributed by atoms with van der Waals surface area (Å²) in [6.45, 7) is 3.73. The molecule has 0 saturated carbocycles. The van der Waals surface area contributed by atoms with E-state index in [9.17, 15) is 14.0 Å². The quantitative estimate of drug-likeness (QED) is 0.897. The smallest absolute Gasteiger partial charge is 0.411 e. The molecule has 2 aromatic carbocycles. The maximum absolute atomic E-state index is 13.3. The Labute approximate surface area is 133 Å². The average Bonchev–Trinajstić information content (AvgIpc) is 2.51. The summed E-state index contributed by atoms with van der Waals surface area (Å²) in [7, 11) is 0. The van der Waals surface area contributed by atoms with Gasteiger partial charge in [0.25, 0.3) is 5.91 Å². The number of hydrogen-bond acceptors (Lipinski definition) is 3. The van der Waals surface area contributed by atoms with E-state index < -0.39 is 17.8 Å². The van der Waals surface area contributed by atoms with Gasteiger partial charge >= 0.3 is 6.09 Å². The molecule has 120 valence electrons. The zero-order valence-electron chi connectivity index (χ0n) is 12.9. The standard InChI is InChI=1S/C17H17FN2O3/c1-3-23-17(22)19-14-6-4-5-12(9-14)16(21)20-15-10-13(18)8-7-11(15)2/h4-10H,3H2,1-2H3,(H,19,22)(H,20,21). The Morgan fingerprint density at radius 3 is 2.65 bits per heavy atom. The van der Waals surface area contributed by atoms with Gasteiger partial charge in [-0.25, -0.2) is 9.18 Å². The van der Waals surface area contributed by atoms with Crippen LogP contribution < -0.4 is 10.6 Å². The van der Waals surface area contributed by atoms with Crippen LogP contribution in [0.3, 0.4) is 0 Å². The molecule has 6 heteroatoms. The lowest BCUT2D eigenvalue weighted by molar-refractivity contribution is 0.102. The number of nitrogens with one attached hydrogen (secondary N) is 2. The fourth-order valence-corrected chi connectivity index (χ4v) is 1.95. The molecule has 0 saturated heterocycles. The monoisotopic (exact) mass is 316 g/mol. The van der Waals surface area contributed by atoms with Gasteiger partial charge in [0.2, 0.25) is 0 Å². The highest BCUT2D eigenvalue weighted by Gasteiger charge is 2.10. The second-order valence-corrected chi connectivity index (χ2v) is 4.84. The van der Waals surface area contributed by atoms with Crippen molar-refractivity contribution in [2.45, 2.75) is 13.8 Å². The minimum absolute atomic E-state index is 0.255. The Hall–Kier alpha value is -2.89. The van der Waals surface area contributed by atoms with Crippen LogP contribution in [0, 0.1) is 12.7 Å². The van der Waals surface area contributed by atoms with Gasteiger partial charge in [0.15, 0.2) is 0 Å². The lowest BCUT2D eigenvalue weighted by Crippen LogP contribution is -2.15. The lowest BCUT2D eigenvalue weighted by atomic mass is 10.1. The number of carbonyl (C=O) groups is 2. The second-order valence-electron chi connectivity index (χ2n) is 4.84. The molecule has 2 N–H and O–H groups in total. The van der Waals surface area contributed by atoms with E-state index in [0.717, 1.165) is 5.56 Å². The third-order valence-electron chi connectivity index (χ3n) is 3.09. The summed E-state index contributed by atoms with van der Waals surface area (Å²) >= 11 is 0. The number of carbonyl (C=O) groups excluding carboxylic acids is 2. The van der Waals surface area contributed by atoms with Crippen molar-refractivity contribution < 1.29 is 18.7 Å². The molecule has 23 heavy (non-hydrogen) atoms. The summed E-state index contributed by atoms with van der Waals surface area (Å²) in [6.07, 6.45) is -0.592. The largest absolute Gasteiger partial charge is 0.450 e. The maximum Gasteiger partial charge on any atom is 0.411 e. The number of amides is 2. The average molecular weight is 316 g/mol. The summed E-state index contributed by atoms with van der Waals surface area (Å²) in [5, 5.41) is 5.17. The Morgan fingerprint density at radius 2 is 1.91 bits per heavy atom. The van der Waals surface area contributed by atoms with Crippen LogP contribution in [0.2, 0.25) is 0 Å². The molecular formula is C17H17FN2O3. The number of ether oxygens (including phenoxy) is 1. The first-order valence-electron chi connectivity index (χ1n) is 7.11. The van der Waals surface area contributed by atoms with Crippen molar-refractivity contribution in [2.75, 3.05) is 17.2 Å². The number of halogens is 1. The predicted octanol–water partition coefficient (Wildman–Crippen LogP) is 3.95. The third kappa shape index (κ3) is 4.54. The highest BCUT2D eigenvalue weighted by molar-refractivity contribution is 6.05. The van der Waals surface area contributed by atoms with Crippen LogP contribution >= 0.6 is 0 Å². The van der Waals surface area contributed by atoms with Gasteiger partial charge in [-0.15, -0.1) is 0 Å². The van der Waals surface area contributed by atoms with Gasteiger partial charge in [-0.2, -0.15) is 0 Å². The SMILES string of the molecule is CCOC(=O)Nc1cccc(C(=O)Nc2cc(F)ccc2C)c1. The molecule has 2 rings (SSSR count). The normalized spacial score (nSPS) is 10.0. The molecule has 0 spiro atoms. The van der Waals surface area contributed by atoms with Crippen LogP contribution in [0.15, 0.2) is 42.5 Å². The number of benzene rings is 2. The van der Waals surface area contributed by atoms with Crippen molar-refractivity contribution in [1.29, 1.82) is 0 Å². The molecule has 2 aromatic rings. The number of aryl methyl sites for hydroxylation is 1. The van der Waals surface area contributed by atoms with Crippen LogP contribution in [0.4, 0.5) is 20.6 Å². The van der Waals surface area contributed by atoms with Crippen LogP contribution in [-0.2, 0) is 4.74 Å². The van der Waals surface area contributed by atoms with E-state index in [1.165, 1.54) is 18.2 Å². The molecule has 0 aliphatic rings. The zero-order chi connectivity index (χ0) is 16.8. The molecule has 0 unspecified atom stereocenters. The number of rotatable bonds is 4. The van der Waals surface area contributed by atoms with Crippen molar-refractivity contribution in [3.63, 3.8) is 0 Å². The van der Waals surface area contributed by atoms with E-state index >= 15 is 0 Å². The van der Waals surface area contributed by atoms with Crippen LogP contribution in [0.5, 0.6) is 0 Å². The molecule has 0 heterocycles. The van der Waals surface area contributed by atoms with Gasteiger partial charge in [-0.3, -0.25) is 10.1 Å². The van der Waals surface area contributed by atoms with E-state index in [1.54, 1.807) is 38.1 Å². The highest BCUT2D eigenvalue weighted by Crippen LogP contribution is 2.18. The Morgan fingerprint density at radius 1 is 1.13 bits per heavy atom. The molecule has 5 nitrogen and oxygen atoms in total. The minimum atomic E-state index is -0.592. The van der Waals surface area contributed by atoms with Crippen LogP contribution in [0.1, 0.15) is 22.8 Å². The van der Waals surface area contributed by atoms with E-state index in [-0.39, 0.29) is 6.61 Å². The van der Waals surface area contributed by atoms with E-state index in [1.807, 2.05) is 0 Å². The van der Waals surface area contributed by atoms with Gasteiger partial charge < -0.3 is 10.1 Å². The summed E-state index contributed by atoms with van der Waals surface area (Å²) < 4.78 is 18.0. The molecule has 0 fully saturated rings. The maximum atomic E-state index is 13.3. The van der Waals surface area contributed by atoms with E-state index in [2.05, 4.69) is 10.6 Å². The molecular weight excluding hydrogens is 299 g/mol. The first-order chi connectivity index (χ1) is 11.0. The Bertz CT molecular complexity index is 732. The minimum Gasteiger partial charge on any atom is -0.450 e. The van der Waals surface area contributed by atoms with Crippen molar-refractivity contribution in [3.8, 4) is 0 Å². The Kier molecular flexibility index (Phi) is 5.30. The van der Waals surface area contributed by atoms with Gasteiger partial charge in [-0.05, 0) is 49.7 Å². The molecule has 0 radical (unpaired) electrons. The first kappa shape index (κ1) is 16.5.